The van der Waals surface area contributed by atoms with Crippen molar-refractivity contribution in [3.63, 3.8) is 0 Å². The lowest BCUT2D eigenvalue weighted by molar-refractivity contribution is 0.0275. The molecule has 0 spiro atoms. The number of ether oxygens (including phenoxy) is 1. The molecule has 0 fully saturated rings. The molecule has 1 amide bonds. The quantitative estimate of drug-likeness (QED) is 0.519. The molecule has 0 unspecified atom stereocenters. The summed E-state index contributed by atoms with van der Waals surface area (Å²) < 4.78 is 5.42. The molecule has 0 aliphatic heterocycles. The minimum Gasteiger partial charge on any atom is -0.444 e. The molecule has 23 heavy (non-hydrogen) atoms. The molecule has 0 heterocycles. The van der Waals surface area contributed by atoms with Crippen molar-refractivity contribution in [3.05, 3.63) is 67.3 Å². The molecule has 1 aromatic rings. The van der Waals surface area contributed by atoms with Gasteiger partial charge in [-0.3, -0.25) is 0 Å². The number of carbonyl (C=O) groups excluding carboxylic acids is 1. The van der Waals surface area contributed by atoms with Gasteiger partial charge < -0.3 is 9.64 Å². The SMILES string of the molecule is C=CCN(CC/C=C(\C=C)c1ccccc1)C(=O)OC(C)(C)C. The van der Waals surface area contributed by atoms with Gasteiger partial charge >= 0.3 is 6.09 Å². The number of carbonyl (C=O) groups is 1. The second kappa shape index (κ2) is 8.99. The summed E-state index contributed by atoms with van der Waals surface area (Å²) in [5.41, 5.74) is 1.69. The Morgan fingerprint density at radius 2 is 1.87 bits per heavy atom. The first-order chi connectivity index (χ1) is 10.9. The second-order valence-electron chi connectivity index (χ2n) is 6.23. The van der Waals surface area contributed by atoms with Crippen LogP contribution in [0.5, 0.6) is 0 Å². The van der Waals surface area contributed by atoms with Crippen LogP contribution >= 0.6 is 0 Å². The van der Waals surface area contributed by atoms with Gasteiger partial charge in [-0.15, -0.1) is 6.58 Å². The van der Waals surface area contributed by atoms with Gasteiger partial charge in [-0.05, 0) is 38.3 Å². The van der Waals surface area contributed by atoms with Crippen molar-refractivity contribution >= 4 is 11.7 Å². The Hall–Kier alpha value is -2.29. The van der Waals surface area contributed by atoms with Gasteiger partial charge in [0.15, 0.2) is 0 Å². The average Bonchev–Trinajstić information content (AvgIpc) is 2.49. The molecule has 124 valence electrons. The predicted octanol–water partition coefficient (Wildman–Crippen LogP) is 5.07. The van der Waals surface area contributed by atoms with E-state index in [1.54, 1.807) is 11.0 Å². The molecule has 0 aromatic heterocycles. The van der Waals surface area contributed by atoms with E-state index in [4.69, 9.17) is 4.74 Å². The fraction of sp³-hybridized carbons (Fsp3) is 0.350. The molecule has 1 aromatic carbocycles. The van der Waals surface area contributed by atoms with Crippen LogP contribution in [0.1, 0.15) is 32.8 Å². The summed E-state index contributed by atoms with van der Waals surface area (Å²) in [6.45, 7) is 14.2. The number of nitrogens with zero attached hydrogens (tertiary/aromatic N) is 1. The molecule has 0 bridgehead atoms. The number of hydrogen-bond donors (Lipinski definition) is 0. The lowest BCUT2D eigenvalue weighted by Gasteiger charge is -2.26. The monoisotopic (exact) mass is 313 g/mol. The van der Waals surface area contributed by atoms with Crippen molar-refractivity contribution in [2.45, 2.75) is 32.8 Å². The van der Waals surface area contributed by atoms with E-state index in [2.05, 4.69) is 19.2 Å². The highest BCUT2D eigenvalue weighted by atomic mass is 16.6. The van der Waals surface area contributed by atoms with Gasteiger partial charge in [0.05, 0.1) is 0 Å². The van der Waals surface area contributed by atoms with E-state index < -0.39 is 5.60 Å². The van der Waals surface area contributed by atoms with Crippen molar-refractivity contribution < 1.29 is 9.53 Å². The number of benzene rings is 1. The summed E-state index contributed by atoms with van der Waals surface area (Å²) >= 11 is 0. The van der Waals surface area contributed by atoms with Gasteiger partial charge in [0.2, 0.25) is 0 Å². The third-order valence-electron chi connectivity index (χ3n) is 3.09. The Kier molecular flexibility index (Phi) is 7.33. The molecule has 0 saturated heterocycles. The fourth-order valence-corrected chi connectivity index (χ4v) is 2.06. The summed E-state index contributed by atoms with van der Waals surface area (Å²) in [7, 11) is 0. The third kappa shape index (κ3) is 7.00. The molecule has 0 atom stereocenters. The molecule has 3 nitrogen and oxygen atoms in total. The normalized spacial score (nSPS) is 11.7. The average molecular weight is 313 g/mol. The first kappa shape index (κ1) is 18.8. The highest BCUT2D eigenvalue weighted by Gasteiger charge is 2.20. The number of rotatable bonds is 7. The van der Waals surface area contributed by atoms with Gasteiger partial charge in [0.1, 0.15) is 5.60 Å². The summed E-state index contributed by atoms with van der Waals surface area (Å²) in [6, 6.07) is 10.1. The zero-order valence-corrected chi connectivity index (χ0v) is 14.4. The van der Waals surface area contributed by atoms with Gasteiger partial charge in [-0.25, -0.2) is 4.79 Å². The van der Waals surface area contributed by atoms with Crippen LogP contribution in [0.4, 0.5) is 4.79 Å². The van der Waals surface area contributed by atoms with Crippen molar-refractivity contribution in [2.24, 2.45) is 0 Å². The van der Waals surface area contributed by atoms with Crippen molar-refractivity contribution in [3.8, 4) is 0 Å². The number of amides is 1. The Morgan fingerprint density at radius 3 is 2.39 bits per heavy atom. The number of hydrogen-bond acceptors (Lipinski definition) is 2. The number of allylic oxidation sites excluding steroid dienone is 2. The minimum absolute atomic E-state index is 0.314. The standard InChI is InChI=1S/C20H27NO2/c1-6-15-21(19(22)23-20(3,4)5)16-11-14-17(7-2)18-12-9-8-10-13-18/h6-10,12-14H,1-2,11,15-16H2,3-5H3/b17-14+. The van der Waals surface area contributed by atoms with Crippen LogP contribution in [-0.4, -0.2) is 29.7 Å². The van der Waals surface area contributed by atoms with E-state index in [0.29, 0.717) is 13.1 Å². The topological polar surface area (TPSA) is 29.5 Å². The van der Waals surface area contributed by atoms with E-state index in [-0.39, 0.29) is 6.09 Å². The fourth-order valence-electron chi connectivity index (χ4n) is 2.06. The van der Waals surface area contributed by atoms with Crippen LogP contribution in [0.3, 0.4) is 0 Å². The molecule has 0 aliphatic carbocycles. The van der Waals surface area contributed by atoms with Gasteiger partial charge in [-0.2, -0.15) is 0 Å². The lowest BCUT2D eigenvalue weighted by atomic mass is 10.0. The maximum atomic E-state index is 12.2. The summed E-state index contributed by atoms with van der Waals surface area (Å²) in [4.78, 5) is 13.8. The smallest absolute Gasteiger partial charge is 0.410 e. The van der Waals surface area contributed by atoms with E-state index in [1.165, 1.54) is 0 Å². The van der Waals surface area contributed by atoms with Crippen LogP contribution in [-0.2, 0) is 4.74 Å². The Bertz CT molecular complexity index is 553. The summed E-state index contributed by atoms with van der Waals surface area (Å²) in [5.74, 6) is 0. The van der Waals surface area contributed by atoms with Crippen molar-refractivity contribution in [2.75, 3.05) is 13.1 Å². The molecular formula is C20H27NO2. The molecule has 0 radical (unpaired) electrons. The van der Waals surface area contributed by atoms with Crippen LogP contribution < -0.4 is 0 Å². The van der Waals surface area contributed by atoms with Crippen LogP contribution in [0.15, 0.2) is 61.7 Å². The summed E-state index contributed by atoms with van der Waals surface area (Å²) in [5, 5.41) is 0. The third-order valence-corrected chi connectivity index (χ3v) is 3.09. The van der Waals surface area contributed by atoms with Gasteiger partial charge in [0.25, 0.3) is 0 Å². The highest BCUT2D eigenvalue weighted by Crippen LogP contribution is 2.16. The largest absolute Gasteiger partial charge is 0.444 e. The highest BCUT2D eigenvalue weighted by molar-refractivity contribution is 5.73. The molecular weight excluding hydrogens is 286 g/mol. The second-order valence-corrected chi connectivity index (χ2v) is 6.23. The Balaban J connectivity index is 2.71. The van der Waals surface area contributed by atoms with Gasteiger partial charge in [0, 0.05) is 13.1 Å². The van der Waals surface area contributed by atoms with Crippen LogP contribution in [0, 0.1) is 0 Å². The molecule has 0 saturated carbocycles. The molecule has 1 rings (SSSR count). The zero-order chi connectivity index (χ0) is 17.3. The van der Waals surface area contributed by atoms with E-state index in [1.807, 2.05) is 57.2 Å². The maximum absolute atomic E-state index is 12.2. The Morgan fingerprint density at radius 1 is 1.22 bits per heavy atom. The first-order valence-corrected chi connectivity index (χ1v) is 7.84. The van der Waals surface area contributed by atoms with Crippen molar-refractivity contribution in [1.82, 2.24) is 4.90 Å². The minimum atomic E-state index is -0.497. The van der Waals surface area contributed by atoms with E-state index in [0.717, 1.165) is 17.6 Å². The van der Waals surface area contributed by atoms with Gasteiger partial charge in [-0.1, -0.05) is 55.1 Å². The maximum Gasteiger partial charge on any atom is 0.410 e. The van der Waals surface area contributed by atoms with E-state index >= 15 is 0 Å². The van der Waals surface area contributed by atoms with Crippen LogP contribution in [0.2, 0.25) is 0 Å². The van der Waals surface area contributed by atoms with Crippen LogP contribution in [0.25, 0.3) is 5.57 Å². The summed E-state index contributed by atoms with van der Waals surface area (Å²) in [6.07, 6.45) is 6.04. The first-order valence-electron chi connectivity index (χ1n) is 7.84. The van der Waals surface area contributed by atoms with E-state index in [9.17, 15) is 4.79 Å². The molecule has 3 heteroatoms. The predicted molar refractivity (Wildman–Crippen MR) is 97.2 cm³/mol. The lowest BCUT2D eigenvalue weighted by Crippen LogP contribution is -2.37. The zero-order valence-electron chi connectivity index (χ0n) is 14.4. The molecule has 0 N–H and O–H groups in total. The van der Waals surface area contributed by atoms with Crippen molar-refractivity contribution in [1.29, 1.82) is 0 Å². The Labute approximate surface area is 140 Å². The molecule has 0 aliphatic rings.